The van der Waals surface area contributed by atoms with Crippen LogP contribution in [0.15, 0.2) is 134 Å². The molecule has 5 heteroatoms. The Hall–Kier alpha value is -5.26. The van der Waals surface area contributed by atoms with Gasteiger partial charge in [-0.15, -0.1) is 0 Å². The minimum atomic E-state index is -0.520. The number of nitrogens with zero attached hydrogens (tertiary/aromatic N) is 4. The van der Waals surface area contributed by atoms with E-state index >= 15 is 0 Å². The molecule has 0 aliphatic carbocycles. The maximum absolute atomic E-state index is 7.60. The Morgan fingerprint density at radius 1 is 0.529 bits per heavy atom. The fourth-order valence-electron chi connectivity index (χ4n) is 8.45. The molecule has 0 atom stereocenters. The van der Waals surface area contributed by atoms with Gasteiger partial charge in [0.25, 0.3) is 0 Å². The van der Waals surface area contributed by atoms with Crippen molar-refractivity contribution in [1.82, 2.24) is 19.1 Å². The summed E-state index contributed by atoms with van der Waals surface area (Å²) in [4.78, 5) is 10.2. The first kappa shape index (κ1) is 32.9. The lowest BCUT2D eigenvalue weighted by Gasteiger charge is -2.30. The van der Waals surface area contributed by atoms with E-state index in [9.17, 15) is 0 Å². The van der Waals surface area contributed by atoms with Gasteiger partial charge in [0.1, 0.15) is 0 Å². The van der Waals surface area contributed by atoms with Crippen LogP contribution in [-0.4, -0.2) is 24.6 Å². The molecule has 0 aliphatic heterocycles. The number of aryl methyl sites for hydroxylation is 4. The van der Waals surface area contributed by atoms with E-state index in [1.165, 1.54) is 54.7 Å². The Morgan fingerprint density at radius 3 is 1.41 bits per heavy atom. The second-order valence-corrected chi connectivity index (χ2v) is 14.3. The molecule has 0 fully saturated rings. The van der Waals surface area contributed by atoms with Crippen molar-refractivity contribution in [3.8, 4) is 0 Å². The van der Waals surface area contributed by atoms with Crippen molar-refractivity contribution in [2.24, 2.45) is 5.73 Å². The fourth-order valence-corrected chi connectivity index (χ4v) is 8.45. The van der Waals surface area contributed by atoms with Crippen molar-refractivity contribution in [3.05, 3.63) is 156 Å². The normalized spacial score (nSPS) is 12.1. The Kier molecular flexibility index (Phi) is 9.38. The molecule has 256 valence electrons. The summed E-state index contributed by atoms with van der Waals surface area (Å²) in [5, 5.41) is 5.07. The average Bonchev–Trinajstić information content (AvgIpc) is 3.66. The first-order chi connectivity index (χ1) is 25.1. The molecule has 0 unspecified atom stereocenters. The van der Waals surface area contributed by atoms with Gasteiger partial charge in [-0.3, -0.25) is 9.97 Å². The maximum Gasteiger partial charge on any atom is 0.0711 e. The van der Waals surface area contributed by atoms with Gasteiger partial charge in [-0.2, -0.15) is 0 Å². The van der Waals surface area contributed by atoms with Crippen molar-refractivity contribution < 1.29 is 0 Å². The van der Waals surface area contributed by atoms with E-state index in [4.69, 9.17) is 15.7 Å². The Bertz CT molecular complexity index is 2240. The molecular weight excluding hydrogens is 623 g/mol. The molecule has 0 saturated heterocycles. The highest BCUT2D eigenvalue weighted by Gasteiger charge is 2.30. The van der Waals surface area contributed by atoms with Gasteiger partial charge < -0.3 is 14.9 Å². The molecule has 8 rings (SSSR count). The van der Waals surface area contributed by atoms with Crippen molar-refractivity contribution in [1.29, 1.82) is 0 Å². The third-order valence-corrected chi connectivity index (χ3v) is 10.7. The lowest BCUT2D eigenvalue weighted by atomic mass is 9.84. The quantitative estimate of drug-likeness (QED) is 0.125. The summed E-state index contributed by atoms with van der Waals surface area (Å²) >= 11 is 0. The van der Waals surface area contributed by atoms with Crippen molar-refractivity contribution in [2.45, 2.75) is 76.9 Å². The molecular formula is C46H47N5. The van der Waals surface area contributed by atoms with Crippen LogP contribution in [0, 0.1) is 0 Å². The van der Waals surface area contributed by atoms with Gasteiger partial charge >= 0.3 is 0 Å². The van der Waals surface area contributed by atoms with Crippen molar-refractivity contribution in [2.75, 3.05) is 0 Å². The predicted molar refractivity (Wildman–Crippen MR) is 213 cm³/mol. The zero-order valence-corrected chi connectivity index (χ0v) is 29.6. The van der Waals surface area contributed by atoms with Crippen LogP contribution in [0.4, 0.5) is 0 Å². The highest BCUT2D eigenvalue weighted by molar-refractivity contribution is 6.09. The van der Waals surface area contributed by atoms with Gasteiger partial charge in [-0.25, -0.2) is 0 Å². The molecule has 4 aromatic carbocycles. The molecule has 0 saturated carbocycles. The number of nitrogens with two attached hydrogens (primary N) is 1. The number of hydrogen-bond donors (Lipinski definition) is 1. The van der Waals surface area contributed by atoms with E-state index in [2.05, 4.69) is 137 Å². The molecule has 0 amide bonds. The van der Waals surface area contributed by atoms with E-state index in [0.29, 0.717) is 12.8 Å². The van der Waals surface area contributed by atoms with Crippen LogP contribution in [0.2, 0.25) is 0 Å². The molecule has 4 aromatic heterocycles. The summed E-state index contributed by atoms with van der Waals surface area (Å²) in [5.41, 5.74) is 17.0. The Morgan fingerprint density at radius 2 is 0.961 bits per heavy atom. The first-order valence-electron chi connectivity index (χ1n) is 18.7. The van der Waals surface area contributed by atoms with E-state index in [0.717, 1.165) is 63.0 Å². The minimum absolute atomic E-state index is 0.520. The summed E-state index contributed by atoms with van der Waals surface area (Å²) in [6, 6.07) is 43.6. The second-order valence-electron chi connectivity index (χ2n) is 14.3. The molecule has 0 bridgehead atoms. The van der Waals surface area contributed by atoms with Crippen LogP contribution in [0.25, 0.3) is 43.6 Å². The van der Waals surface area contributed by atoms with Gasteiger partial charge in [0, 0.05) is 76.4 Å². The summed E-state index contributed by atoms with van der Waals surface area (Å²) in [7, 11) is 0. The smallest absolute Gasteiger partial charge is 0.0711 e. The van der Waals surface area contributed by atoms with E-state index in [1.54, 1.807) is 0 Å². The lowest BCUT2D eigenvalue weighted by Crippen LogP contribution is -2.45. The minimum Gasteiger partial charge on any atom is -0.339 e. The highest BCUT2D eigenvalue weighted by Crippen LogP contribution is 2.36. The molecule has 2 N–H and O–H groups in total. The number of benzene rings is 4. The highest BCUT2D eigenvalue weighted by atomic mass is 15.0. The predicted octanol–water partition coefficient (Wildman–Crippen LogP) is 10.2. The number of rotatable bonds is 14. The van der Waals surface area contributed by atoms with Crippen molar-refractivity contribution in [3.63, 3.8) is 0 Å². The summed E-state index contributed by atoms with van der Waals surface area (Å²) in [6.07, 6.45) is 11.4. The standard InChI is InChI=1S/C46H47N5/c1-2-27-46(47,32-40-44-38(25-28-48-40)36-21-9-11-23-42(36)50(44)30-13-19-34-15-5-3-6-16-34)33-41-45-39(26-29-49-41)37-22-10-12-24-43(37)51(45)31-14-20-35-17-7-4-8-18-35/h3-12,15-18,21-26,28-29H,2,13-14,19-20,27,30-33,47H2,1H3. The van der Waals surface area contributed by atoms with E-state index in [-0.39, 0.29) is 0 Å². The number of para-hydroxylation sites is 2. The van der Waals surface area contributed by atoms with Crippen LogP contribution in [0.1, 0.15) is 55.1 Å². The average molecular weight is 670 g/mol. The molecule has 5 nitrogen and oxygen atoms in total. The number of hydrogen-bond acceptors (Lipinski definition) is 3. The molecule has 0 aliphatic rings. The maximum atomic E-state index is 7.60. The fraction of sp³-hybridized carbons (Fsp3) is 0.261. The number of aromatic nitrogens is 4. The summed E-state index contributed by atoms with van der Waals surface area (Å²) in [5.74, 6) is 0. The zero-order valence-electron chi connectivity index (χ0n) is 29.6. The summed E-state index contributed by atoms with van der Waals surface area (Å²) < 4.78 is 5.01. The molecule has 0 spiro atoms. The Balaban J connectivity index is 1.16. The monoisotopic (exact) mass is 669 g/mol. The van der Waals surface area contributed by atoms with Gasteiger partial charge in [-0.1, -0.05) is 110 Å². The molecule has 4 heterocycles. The third-order valence-electron chi connectivity index (χ3n) is 10.7. The van der Waals surface area contributed by atoms with Crippen LogP contribution >= 0.6 is 0 Å². The molecule has 0 radical (unpaired) electrons. The van der Waals surface area contributed by atoms with Crippen LogP contribution in [0.3, 0.4) is 0 Å². The van der Waals surface area contributed by atoms with Gasteiger partial charge in [0.2, 0.25) is 0 Å². The third kappa shape index (κ3) is 6.66. The van der Waals surface area contributed by atoms with Crippen LogP contribution in [0.5, 0.6) is 0 Å². The topological polar surface area (TPSA) is 61.7 Å². The lowest BCUT2D eigenvalue weighted by molar-refractivity contribution is 0.377. The summed E-state index contributed by atoms with van der Waals surface area (Å²) in [6.45, 7) is 4.09. The van der Waals surface area contributed by atoms with Crippen molar-refractivity contribution >= 4 is 43.6 Å². The largest absolute Gasteiger partial charge is 0.339 e. The van der Waals surface area contributed by atoms with Gasteiger partial charge in [-0.05, 0) is 67.5 Å². The Labute approximate surface area is 300 Å². The SMILES string of the molecule is CCCC(N)(Cc1nccc2c3ccccc3n(CCCc3ccccc3)c12)Cc1nccc2c3ccccc3n(CCCc3ccccc3)c12. The number of fused-ring (bicyclic) bond motifs is 6. The zero-order chi connectivity index (χ0) is 34.6. The number of pyridine rings is 2. The van der Waals surface area contributed by atoms with Crippen LogP contribution < -0.4 is 5.73 Å². The van der Waals surface area contributed by atoms with Gasteiger partial charge in [0.05, 0.1) is 22.4 Å². The first-order valence-corrected chi connectivity index (χ1v) is 18.7. The molecule has 51 heavy (non-hydrogen) atoms. The molecule has 8 aromatic rings. The second kappa shape index (κ2) is 14.5. The van der Waals surface area contributed by atoms with E-state index < -0.39 is 5.54 Å². The van der Waals surface area contributed by atoms with Gasteiger partial charge in [0.15, 0.2) is 0 Å². The van der Waals surface area contributed by atoms with Crippen LogP contribution in [-0.2, 0) is 38.8 Å². The van der Waals surface area contributed by atoms with E-state index in [1.807, 2.05) is 12.4 Å².